The Morgan fingerprint density at radius 2 is 1.91 bits per heavy atom. The Labute approximate surface area is 196 Å². The standard InChI is InChI=1S/C25H32N2O5Si/c1-15(28)30-22-20(17-13-16(14-26)9-10-19(17)31-25(22,5)6)27-12-11-18(24(2,3)4)21(23(27)29)32-33(7)8/h9-13,20,22,33H,1-8H3/t20-,22+/m0/s1. The van der Waals surface area contributed by atoms with Gasteiger partial charge in [-0.1, -0.05) is 20.8 Å². The number of hydrogen-bond donors (Lipinski definition) is 0. The molecule has 0 bridgehead atoms. The molecular weight excluding hydrogens is 436 g/mol. The summed E-state index contributed by atoms with van der Waals surface area (Å²) in [4.78, 5) is 25.9. The van der Waals surface area contributed by atoms with Crippen LogP contribution in [0, 0.1) is 11.3 Å². The molecule has 0 N–H and O–H groups in total. The van der Waals surface area contributed by atoms with E-state index >= 15 is 0 Å². The average molecular weight is 469 g/mol. The summed E-state index contributed by atoms with van der Waals surface area (Å²) in [5.74, 6) is 0.391. The number of pyridine rings is 1. The third-order valence-electron chi connectivity index (χ3n) is 5.63. The van der Waals surface area contributed by atoms with Crippen molar-refractivity contribution in [1.82, 2.24) is 4.57 Å². The van der Waals surface area contributed by atoms with Crippen LogP contribution in [0.2, 0.25) is 13.1 Å². The molecule has 0 amide bonds. The summed E-state index contributed by atoms with van der Waals surface area (Å²) in [6.07, 6.45) is 0.919. The van der Waals surface area contributed by atoms with Crippen LogP contribution in [0.25, 0.3) is 0 Å². The molecule has 0 saturated heterocycles. The fourth-order valence-corrected chi connectivity index (χ4v) is 4.90. The number of carbonyl (C=O) groups is 1. The molecule has 1 aliphatic heterocycles. The molecule has 0 aliphatic carbocycles. The van der Waals surface area contributed by atoms with E-state index in [2.05, 4.69) is 6.07 Å². The predicted molar refractivity (Wildman–Crippen MR) is 128 cm³/mol. The maximum Gasteiger partial charge on any atom is 0.303 e. The van der Waals surface area contributed by atoms with E-state index < -0.39 is 32.8 Å². The third-order valence-corrected chi connectivity index (χ3v) is 6.34. The number of nitriles is 1. The number of nitrogens with zero attached hydrogens (tertiary/aromatic N) is 2. The number of ether oxygens (including phenoxy) is 2. The third kappa shape index (κ3) is 4.83. The zero-order chi connectivity index (χ0) is 24.7. The zero-order valence-corrected chi connectivity index (χ0v) is 21.7. The Morgan fingerprint density at radius 3 is 2.45 bits per heavy atom. The maximum absolute atomic E-state index is 13.9. The summed E-state index contributed by atoms with van der Waals surface area (Å²) in [7, 11) is -1.60. The van der Waals surface area contributed by atoms with Gasteiger partial charge in [-0.25, -0.2) is 0 Å². The predicted octanol–water partition coefficient (Wildman–Crippen LogP) is 4.07. The molecule has 1 aromatic heterocycles. The second kappa shape index (κ2) is 8.71. The van der Waals surface area contributed by atoms with E-state index in [-0.39, 0.29) is 11.0 Å². The number of benzene rings is 1. The molecule has 3 rings (SSSR count). The van der Waals surface area contributed by atoms with Gasteiger partial charge in [0.25, 0.3) is 5.56 Å². The molecule has 2 atom stereocenters. The lowest BCUT2D eigenvalue weighted by Crippen LogP contribution is -2.54. The van der Waals surface area contributed by atoms with Crippen LogP contribution in [0.3, 0.4) is 0 Å². The van der Waals surface area contributed by atoms with Gasteiger partial charge in [0, 0.05) is 24.2 Å². The number of aromatic nitrogens is 1. The molecule has 0 radical (unpaired) electrons. The molecule has 2 aromatic rings. The van der Waals surface area contributed by atoms with Gasteiger partial charge >= 0.3 is 5.97 Å². The molecule has 33 heavy (non-hydrogen) atoms. The second-order valence-electron chi connectivity index (χ2n) is 10.2. The fourth-order valence-electron chi connectivity index (χ4n) is 4.20. The Kier molecular flexibility index (Phi) is 6.49. The lowest BCUT2D eigenvalue weighted by molar-refractivity contribution is -0.163. The van der Waals surface area contributed by atoms with Crippen LogP contribution in [0.4, 0.5) is 0 Å². The first kappa shape index (κ1) is 24.6. The Hall–Kier alpha value is -3.05. The molecule has 2 heterocycles. The van der Waals surface area contributed by atoms with E-state index in [1.54, 1.807) is 29.0 Å². The molecule has 0 unspecified atom stereocenters. The van der Waals surface area contributed by atoms with Crippen LogP contribution < -0.4 is 14.7 Å². The topological polar surface area (TPSA) is 90.5 Å². The van der Waals surface area contributed by atoms with Crippen LogP contribution in [0.15, 0.2) is 35.3 Å². The molecule has 8 heteroatoms. The lowest BCUT2D eigenvalue weighted by atomic mass is 9.84. The van der Waals surface area contributed by atoms with Gasteiger partial charge in [0.2, 0.25) is 9.04 Å². The van der Waals surface area contributed by atoms with Gasteiger partial charge in [-0.05, 0) is 56.6 Å². The van der Waals surface area contributed by atoms with E-state index in [1.165, 1.54) is 6.92 Å². The number of fused-ring (bicyclic) bond motifs is 1. The van der Waals surface area contributed by atoms with E-state index in [0.29, 0.717) is 22.6 Å². The van der Waals surface area contributed by atoms with Crippen LogP contribution >= 0.6 is 0 Å². The summed E-state index contributed by atoms with van der Waals surface area (Å²) in [6, 6.07) is 8.42. The van der Waals surface area contributed by atoms with Crippen molar-refractivity contribution >= 4 is 15.0 Å². The highest BCUT2D eigenvalue weighted by Gasteiger charge is 2.48. The highest BCUT2D eigenvalue weighted by Crippen LogP contribution is 2.44. The number of carbonyl (C=O) groups excluding carboxylic acids is 1. The molecular formula is C25H32N2O5Si. The van der Waals surface area contributed by atoms with Gasteiger partial charge in [-0.3, -0.25) is 9.59 Å². The number of esters is 1. The Balaban J connectivity index is 2.35. The first-order chi connectivity index (χ1) is 15.3. The highest BCUT2D eigenvalue weighted by atomic mass is 28.3. The smallest absolute Gasteiger partial charge is 0.303 e. The number of hydrogen-bond acceptors (Lipinski definition) is 6. The van der Waals surface area contributed by atoms with Gasteiger partial charge in [-0.2, -0.15) is 5.26 Å². The first-order valence-electron chi connectivity index (χ1n) is 11.1. The second-order valence-corrected chi connectivity index (χ2v) is 12.6. The molecule has 1 aromatic carbocycles. The monoisotopic (exact) mass is 468 g/mol. The Morgan fingerprint density at radius 1 is 1.24 bits per heavy atom. The molecule has 7 nitrogen and oxygen atoms in total. The summed E-state index contributed by atoms with van der Waals surface area (Å²) in [5, 5.41) is 9.47. The fraction of sp³-hybridized carbons (Fsp3) is 0.480. The molecule has 0 spiro atoms. The van der Waals surface area contributed by atoms with Crippen LogP contribution in [-0.2, 0) is 14.9 Å². The summed E-state index contributed by atoms with van der Waals surface area (Å²) in [5.41, 5.74) is 0.343. The largest absolute Gasteiger partial charge is 0.543 e. The summed E-state index contributed by atoms with van der Waals surface area (Å²) < 4.78 is 19.6. The van der Waals surface area contributed by atoms with Gasteiger partial charge in [0.05, 0.1) is 11.6 Å². The summed E-state index contributed by atoms with van der Waals surface area (Å²) in [6.45, 7) is 15.1. The van der Waals surface area contributed by atoms with Crippen LogP contribution in [0.5, 0.6) is 11.5 Å². The van der Waals surface area contributed by atoms with Crippen molar-refractivity contribution in [2.45, 2.75) is 77.8 Å². The SMILES string of the molecule is CC(=O)O[C@@H]1[C@@H](n2ccc(C(C)(C)C)c(O[SiH](C)C)c2=O)c2cc(C#N)ccc2OC1(C)C. The van der Waals surface area contributed by atoms with E-state index in [1.807, 2.05) is 53.8 Å². The van der Waals surface area contributed by atoms with Gasteiger partial charge in [-0.15, -0.1) is 0 Å². The van der Waals surface area contributed by atoms with E-state index in [4.69, 9.17) is 13.9 Å². The maximum atomic E-state index is 13.9. The highest BCUT2D eigenvalue weighted by molar-refractivity contribution is 6.49. The van der Waals surface area contributed by atoms with Crippen LogP contribution in [0.1, 0.15) is 64.3 Å². The summed E-state index contributed by atoms with van der Waals surface area (Å²) >= 11 is 0. The van der Waals surface area contributed by atoms with Gasteiger partial charge in [0.1, 0.15) is 17.4 Å². The van der Waals surface area contributed by atoms with Crippen molar-refractivity contribution in [2.24, 2.45) is 0 Å². The van der Waals surface area contributed by atoms with E-state index in [9.17, 15) is 14.9 Å². The van der Waals surface area contributed by atoms with Crippen molar-refractivity contribution < 1.29 is 18.7 Å². The minimum atomic E-state index is -1.60. The lowest BCUT2D eigenvalue weighted by Gasteiger charge is -2.44. The minimum Gasteiger partial charge on any atom is -0.543 e. The van der Waals surface area contributed by atoms with Crippen molar-refractivity contribution in [2.75, 3.05) is 0 Å². The van der Waals surface area contributed by atoms with Crippen molar-refractivity contribution in [3.05, 3.63) is 57.5 Å². The Bertz CT molecular complexity index is 1170. The first-order valence-corrected chi connectivity index (χ1v) is 13.9. The van der Waals surface area contributed by atoms with Crippen molar-refractivity contribution in [3.63, 3.8) is 0 Å². The zero-order valence-electron chi connectivity index (χ0n) is 20.6. The van der Waals surface area contributed by atoms with Crippen molar-refractivity contribution in [3.8, 4) is 17.6 Å². The van der Waals surface area contributed by atoms with Gasteiger partial charge in [0.15, 0.2) is 11.9 Å². The quantitative estimate of drug-likeness (QED) is 0.496. The average Bonchev–Trinajstić information content (AvgIpc) is 2.68. The molecule has 0 saturated carbocycles. The van der Waals surface area contributed by atoms with E-state index in [0.717, 1.165) is 5.56 Å². The minimum absolute atomic E-state index is 0.295. The van der Waals surface area contributed by atoms with Gasteiger partial charge < -0.3 is 18.5 Å². The number of rotatable bonds is 4. The van der Waals surface area contributed by atoms with Crippen molar-refractivity contribution in [1.29, 1.82) is 5.26 Å². The molecule has 1 aliphatic rings. The molecule has 0 fully saturated rings. The van der Waals surface area contributed by atoms with Crippen LogP contribution in [-0.4, -0.2) is 31.3 Å². The molecule has 176 valence electrons. The normalized spacial score (nSPS) is 19.3.